The highest BCUT2D eigenvalue weighted by Crippen LogP contribution is 2.14. The summed E-state index contributed by atoms with van der Waals surface area (Å²) < 4.78 is 1.84. The van der Waals surface area contributed by atoms with E-state index in [2.05, 4.69) is 15.4 Å². The molecule has 0 saturated carbocycles. The minimum atomic E-state index is -0.106. The summed E-state index contributed by atoms with van der Waals surface area (Å²) in [7, 11) is 0. The van der Waals surface area contributed by atoms with Gasteiger partial charge in [-0.2, -0.15) is 5.10 Å². The number of amides is 1. The van der Waals surface area contributed by atoms with E-state index in [0.29, 0.717) is 12.1 Å². The number of aryl methyl sites for hydroxylation is 2. The minimum absolute atomic E-state index is 0.106. The quantitative estimate of drug-likeness (QED) is 0.806. The molecule has 1 N–H and O–H groups in total. The number of pyridine rings is 1. The number of carbonyl (C=O) groups excluding carboxylic acids is 1. The largest absolute Gasteiger partial charge is 0.348 e. The van der Waals surface area contributed by atoms with Crippen molar-refractivity contribution >= 4 is 5.91 Å². The molecule has 116 valence electrons. The second-order valence-electron chi connectivity index (χ2n) is 5.43. The van der Waals surface area contributed by atoms with Crippen LogP contribution in [0.25, 0.3) is 5.69 Å². The molecular weight excluding hydrogens is 288 g/mol. The van der Waals surface area contributed by atoms with Crippen LogP contribution in [-0.2, 0) is 6.54 Å². The lowest BCUT2D eigenvalue weighted by Crippen LogP contribution is -2.23. The molecule has 0 atom stereocenters. The van der Waals surface area contributed by atoms with Crippen molar-refractivity contribution in [1.82, 2.24) is 20.1 Å². The lowest BCUT2D eigenvalue weighted by atomic mass is 10.1. The summed E-state index contributed by atoms with van der Waals surface area (Å²) >= 11 is 0. The normalized spacial score (nSPS) is 10.5. The Hall–Kier alpha value is -2.95. The van der Waals surface area contributed by atoms with Gasteiger partial charge in [0.25, 0.3) is 5.91 Å². The van der Waals surface area contributed by atoms with Crippen LogP contribution in [0.3, 0.4) is 0 Å². The van der Waals surface area contributed by atoms with Crippen molar-refractivity contribution in [2.75, 3.05) is 0 Å². The lowest BCUT2D eigenvalue weighted by molar-refractivity contribution is 0.0951. The van der Waals surface area contributed by atoms with Gasteiger partial charge in [0.15, 0.2) is 0 Å². The molecule has 0 fully saturated rings. The minimum Gasteiger partial charge on any atom is -0.348 e. The molecule has 0 aliphatic rings. The van der Waals surface area contributed by atoms with E-state index < -0.39 is 0 Å². The van der Waals surface area contributed by atoms with Gasteiger partial charge in [-0.1, -0.05) is 6.07 Å². The van der Waals surface area contributed by atoms with Crippen molar-refractivity contribution in [3.05, 3.63) is 77.4 Å². The smallest absolute Gasteiger partial charge is 0.251 e. The molecule has 0 aliphatic heterocycles. The first-order chi connectivity index (χ1) is 11.1. The number of hydrogen-bond acceptors (Lipinski definition) is 3. The molecule has 0 unspecified atom stereocenters. The van der Waals surface area contributed by atoms with E-state index in [0.717, 1.165) is 22.6 Å². The van der Waals surface area contributed by atoms with Gasteiger partial charge in [-0.05, 0) is 55.8 Å². The number of rotatable bonds is 4. The van der Waals surface area contributed by atoms with E-state index in [1.807, 2.05) is 54.9 Å². The predicted octanol–water partition coefficient (Wildman–Crippen LogP) is 2.81. The van der Waals surface area contributed by atoms with Crippen LogP contribution in [0.1, 0.15) is 27.3 Å². The van der Waals surface area contributed by atoms with Gasteiger partial charge in [0.05, 0.1) is 11.4 Å². The zero-order valence-corrected chi connectivity index (χ0v) is 13.2. The van der Waals surface area contributed by atoms with Crippen molar-refractivity contribution in [2.24, 2.45) is 0 Å². The van der Waals surface area contributed by atoms with Crippen molar-refractivity contribution in [2.45, 2.75) is 20.4 Å². The van der Waals surface area contributed by atoms with Crippen LogP contribution in [0, 0.1) is 13.8 Å². The summed E-state index contributed by atoms with van der Waals surface area (Å²) in [6.07, 6.45) is 3.43. The van der Waals surface area contributed by atoms with Crippen LogP contribution in [0.15, 0.2) is 54.9 Å². The molecule has 2 heterocycles. The summed E-state index contributed by atoms with van der Waals surface area (Å²) in [4.78, 5) is 16.3. The Morgan fingerprint density at radius 3 is 2.61 bits per heavy atom. The fraction of sp³-hybridized carbons (Fsp3) is 0.167. The number of benzene rings is 1. The van der Waals surface area contributed by atoms with Crippen molar-refractivity contribution in [1.29, 1.82) is 0 Å². The van der Waals surface area contributed by atoms with Crippen molar-refractivity contribution in [3.63, 3.8) is 0 Å². The molecule has 23 heavy (non-hydrogen) atoms. The third-order valence-electron chi connectivity index (χ3n) is 3.56. The summed E-state index contributed by atoms with van der Waals surface area (Å²) in [6, 6.07) is 13.2. The van der Waals surface area contributed by atoms with Crippen LogP contribution in [0.5, 0.6) is 0 Å². The monoisotopic (exact) mass is 306 g/mol. The average molecular weight is 306 g/mol. The summed E-state index contributed by atoms with van der Waals surface area (Å²) in [5.41, 5.74) is 4.51. The van der Waals surface area contributed by atoms with Crippen LogP contribution < -0.4 is 5.32 Å². The van der Waals surface area contributed by atoms with E-state index in [9.17, 15) is 4.79 Å². The fourth-order valence-electron chi connectivity index (χ4n) is 2.45. The van der Waals surface area contributed by atoms with Gasteiger partial charge in [0, 0.05) is 30.2 Å². The Balaban J connectivity index is 1.77. The van der Waals surface area contributed by atoms with E-state index in [1.165, 1.54) is 0 Å². The zero-order chi connectivity index (χ0) is 16.2. The Labute approximate surface area is 135 Å². The maximum Gasteiger partial charge on any atom is 0.251 e. The third-order valence-corrected chi connectivity index (χ3v) is 3.56. The highest BCUT2D eigenvalue weighted by molar-refractivity contribution is 5.94. The molecule has 0 aliphatic carbocycles. The Morgan fingerprint density at radius 1 is 1.13 bits per heavy atom. The molecule has 1 amide bonds. The van der Waals surface area contributed by atoms with Gasteiger partial charge in [0.2, 0.25) is 0 Å². The first-order valence-corrected chi connectivity index (χ1v) is 7.44. The third kappa shape index (κ3) is 3.45. The SMILES string of the molecule is Cc1cc(C)n(-c2cccc(C(=O)NCc3ccncc3)c2)n1. The number of hydrogen-bond donors (Lipinski definition) is 1. The number of nitrogens with one attached hydrogen (secondary N) is 1. The van der Waals surface area contributed by atoms with Crippen LogP contribution in [0.2, 0.25) is 0 Å². The predicted molar refractivity (Wildman–Crippen MR) is 88.4 cm³/mol. The second kappa shape index (κ2) is 6.44. The topological polar surface area (TPSA) is 59.8 Å². The number of nitrogens with zero attached hydrogens (tertiary/aromatic N) is 3. The Kier molecular flexibility index (Phi) is 4.19. The molecule has 3 rings (SSSR count). The van der Waals surface area contributed by atoms with Gasteiger partial charge >= 0.3 is 0 Å². The molecule has 1 aromatic carbocycles. The molecule has 5 heteroatoms. The first kappa shape index (κ1) is 15.0. The van der Waals surface area contributed by atoms with Gasteiger partial charge in [-0.3, -0.25) is 9.78 Å². The van der Waals surface area contributed by atoms with Crippen LogP contribution >= 0.6 is 0 Å². The number of carbonyl (C=O) groups is 1. The molecule has 5 nitrogen and oxygen atoms in total. The van der Waals surface area contributed by atoms with E-state index >= 15 is 0 Å². The van der Waals surface area contributed by atoms with Crippen molar-refractivity contribution in [3.8, 4) is 5.69 Å². The molecule has 3 aromatic rings. The first-order valence-electron chi connectivity index (χ1n) is 7.44. The van der Waals surface area contributed by atoms with E-state index in [1.54, 1.807) is 18.5 Å². The van der Waals surface area contributed by atoms with Gasteiger partial charge in [0.1, 0.15) is 0 Å². The molecule has 2 aromatic heterocycles. The summed E-state index contributed by atoms with van der Waals surface area (Å²) in [6.45, 7) is 4.43. The lowest BCUT2D eigenvalue weighted by Gasteiger charge is -2.08. The standard InChI is InChI=1S/C18H18N4O/c1-13-10-14(2)22(21-13)17-5-3-4-16(11-17)18(23)20-12-15-6-8-19-9-7-15/h3-11H,12H2,1-2H3,(H,20,23). The maximum atomic E-state index is 12.3. The van der Waals surface area contributed by atoms with Gasteiger partial charge in [-0.15, -0.1) is 0 Å². The Morgan fingerprint density at radius 2 is 1.91 bits per heavy atom. The Bertz CT molecular complexity index is 824. The fourth-order valence-corrected chi connectivity index (χ4v) is 2.45. The molecule has 0 saturated heterocycles. The maximum absolute atomic E-state index is 12.3. The van der Waals surface area contributed by atoms with Gasteiger partial charge < -0.3 is 5.32 Å². The summed E-state index contributed by atoms with van der Waals surface area (Å²) in [5, 5.41) is 7.37. The van der Waals surface area contributed by atoms with Crippen LogP contribution in [-0.4, -0.2) is 20.7 Å². The van der Waals surface area contributed by atoms with Crippen LogP contribution in [0.4, 0.5) is 0 Å². The van der Waals surface area contributed by atoms with E-state index in [4.69, 9.17) is 0 Å². The molecular formula is C18H18N4O. The second-order valence-corrected chi connectivity index (χ2v) is 5.43. The number of aromatic nitrogens is 3. The molecule has 0 radical (unpaired) electrons. The zero-order valence-electron chi connectivity index (χ0n) is 13.2. The molecule has 0 spiro atoms. The highest BCUT2D eigenvalue weighted by Gasteiger charge is 2.09. The summed E-state index contributed by atoms with van der Waals surface area (Å²) in [5.74, 6) is -0.106. The van der Waals surface area contributed by atoms with Crippen molar-refractivity contribution < 1.29 is 4.79 Å². The molecule has 0 bridgehead atoms. The highest BCUT2D eigenvalue weighted by atomic mass is 16.1. The average Bonchev–Trinajstić information content (AvgIpc) is 2.92. The van der Waals surface area contributed by atoms with Gasteiger partial charge in [-0.25, -0.2) is 4.68 Å². The van der Waals surface area contributed by atoms with E-state index in [-0.39, 0.29) is 5.91 Å².